The van der Waals surface area contributed by atoms with E-state index < -0.39 is 6.10 Å². The Morgan fingerprint density at radius 3 is 2.56 bits per heavy atom. The van der Waals surface area contributed by atoms with Crippen LogP contribution < -0.4 is 0 Å². The van der Waals surface area contributed by atoms with Crippen LogP contribution in [0.25, 0.3) is 0 Å². The van der Waals surface area contributed by atoms with Crippen LogP contribution in [0.15, 0.2) is 24.3 Å². The highest BCUT2D eigenvalue weighted by molar-refractivity contribution is 5.82. The predicted molar refractivity (Wildman–Crippen MR) is 94.8 cm³/mol. The van der Waals surface area contributed by atoms with Gasteiger partial charge in [0.2, 0.25) is 5.91 Å². The molecule has 0 spiro atoms. The molecule has 1 aliphatic carbocycles. The first-order chi connectivity index (χ1) is 11.9. The molecule has 3 atom stereocenters. The van der Waals surface area contributed by atoms with E-state index in [2.05, 4.69) is 16.8 Å². The van der Waals surface area contributed by atoms with Crippen molar-refractivity contribution in [2.24, 2.45) is 5.92 Å². The quantitative estimate of drug-likeness (QED) is 0.832. The summed E-state index contributed by atoms with van der Waals surface area (Å²) in [5.41, 5.74) is 1.02. The maximum Gasteiger partial charge on any atom is 0.226 e. The molecule has 3 rings (SSSR count). The van der Waals surface area contributed by atoms with E-state index in [0.29, 0.717) is 13.1 Å². The number of nitrogens with zero attached hydrogens (tertiary/aromatic N) is 3. The minimum Gasteiger partial charge on any atom is -0.390 e. The van der Waals surface area contributed by atoms with Crippen LogP contribution in [0.2, 0.25) is 0 Å². The maximum absolute atomic E-state index is 13.0. The van der Waals surface area contributed by atoms with E-state index in [4.69, 9.17) is 0 Å². The van der Waals surface area contributed by atoms with Crippen molar-refractivity contribution in [1.29, 1.82) is 0 Å². The molecule has 138 valence electrons. The number of hydrogen-bond acceptors (Lipinski definition) is 4. The number of aliphatic hydroxyl groups is 1. The Kier molecular flexibility index (Phi) is 5.71. The number of likely N-dealkylation sites (N-methyl/N-ethyl adjacent to an activating group) is 2. The van der Waals surface area contributed by atoms with E-state index in [9.17, 15) is 14.3 Å². The van der Waals surface area contributed by atoms with Gasteiger partial charge < -0.3 is 14.9 Å². The van der Waals surface area contributed by atoms with Crippen LogP contribution in [-0.2, 0) is 4.79 Å². The molecule has 2 fully saturated rings. The van der Waals surface area contributed by atoms with Crippen molar-refractivity contribution in [3.63, 3.8) is 0 Å². The van der Waals surface area contributed by atoms with Crippen LogP contribution in [0.4, 0.5) is 4.39 Å². The molecule has 0 bridgehead atoms. The molecule has 0 radical (unpaired) electrons. The molecule has 2 aliphatic rings. The Hall–Kier alpha value is -1.50. The van der Waals surface area contributed by atoms with Crippen LogP contribution in [-0.4, -0.2) is 85.2 Å². The number of benzene rings is 1. The van der Waals surface area contributed by atoms with Crippen LogP contribution in [0.5, 0.6) is 0 Å². The number of amides is 1. The minimum absolute atomic E-state index is 0.0358. The molecule has 1 aromatic carbocycles. The smallest absolute Gasteiger partial charge is 0.226 e. The van der Waals surface area contributed by atoms with Gasteiger partial charge >= 0.3 is 0 Å². The van der Waals surface area contributed by atoms with Gasteiger partial charge in [-0.25, -0.2) is 4.39 Å². The lowest BCUT2D eigenvalue weighted by molar-refractivity contribution is -0.132. The molecule has 1 saturated carbocycles. The van der Waals surface area contributed by atoms with Gasteiger partial charge in [0, 0.05) is 52.2 Å². The minimum atomic E-state index is -0.527. The summed E-state index contributed by atoms with van der Waals surface area (Å²) >= 11 is 0. The molecular formula is C19H28FN3O2. The molecule has 5 nitrogen and oxygen atoms in total. The normalized spacial score (nSPS) is 25.6. The van der Waals surface area contributed by atoms with E-state index >= 15 is 0 Å². The summed E-state index contributed by atoms with van der Waals surface area (Å²) in [7, 11) is 3.86. The summed E-state index contributed by atoms with van der Waals surface area (Å²) in [4.78, 5) is 18.7. The van der Waals surface area contributed by atoms with E-state index in [-0.39, 0.29) is 23.6 Å². The second-order valence-corrected chi connectivity index (χ2v) is 7.48. The van der Waals surface area contributed by atoms with E-state index in [1.165, 1.54) is 12.1 Å². The lowest BCUT2D eigenvalue weighted by Gasteiger charge is -2.34. The molecule has 1 aromatic rings. The average Bonchev–Trinajstić information content (AvgIpc) is 3.37. The lowest BCUT2D eigenvalue weighted by atomic mass is 10.1. The zero-order chi connectivity index (χ0) is 18.0. The van der Waals surface area contributed by atoms with Gasteiger partial charge in [-0.05, 0) is 37.1 Å². The van der Waals surface area contributed by atoms with Crippen molar-refractivity contribution < 1.29 is 14.3 Å². The van der Waals surface area contributed by atoms with Crippen molar-refractivity contribution in [1.82, 2.24) is 14.7 Å². The standard InChI is InChI=1S/C19H28FN3O2/c1-21-7-9-23(10-8-21)13-16(24)12-22(2)19(25)18-11-17(18)14-3-5-15(20)6-4-14/h3-6,16-18,24H,7-13H2,1-2H3. The Morgan fingerprint density at radius 2 is 1.92 bits per heavy atom. The van der Waals surface area contributed by atoms with Gasteiger partial charge in [-0.15, -0.1) is 0 Å². The Labute approximate surface area is 149 Å². The fourth-order valence-corrected chi connectivity index (χ4v) is 3.62. The first kappa shape index (κ1) is 18.3. The first-order valence-corrected chi connectivity index (χ1v) is 9.03. The van der Waals surface area contributed by atoms with Crippen LogP contribution in [0, 0.1) is 11.7 Å². The van der Waals surface area contributed by atoms with Crippen molar-refractivity contribution in [2.75, 3.05) is 53.4 Å². The van der Waals surface area contributed by atoms with Gasteiger partial charge in [-0.3, -0.25) is 9.69 Å². The topological polar surface area (TPSA) is 47.0 Å². The van der Waals surface area contributed by atoms with Crippen LogP contribution in [0.3, 0.4) is 0 Å². The monoisotopic (exact) mass is 349 g/mol. The van der Waals surface area contributed by atoms with Gasteiger partial charge in [-0.1, -0.05) is 12.1 Å². The van der Waals surface area contributed by atoms with Gasteiger partial charge in [0.1, 0.15) is 5.82 Å². The Bertz CT molecular complexity index is 587. The number of halogens is 1. The predicted octanol–water partition coefficient (Wildman–Crippen LogP) is 0.996. The van der Waals surface area contributed by atoms with Crippen molar-refractivity contribution in [2.45, 2.75) is 18.4 Å². The highest BCUT2D eigenvalue weighted by atomic mass is 19.1. The number of carbonyl (C=O) groups excluding carboxylic acids is 1. The van der Waals surface area contributed by atoms with Crippen LogP contribution in [0.1, 0.15) is 17.9 Å². The number of rotatable bonds is 6. The number of hydrogen-bond donors (Lipinski definition) is 1. The highest BCUT2D eigenvalue weighted by Crippen LogP contribution is 2.48. The molecule has 6 heteroatoms. The molecular weight excluding hydrogens is 321 g/mol. The molecule has 1 aliphatic heterocycles. The van der Waals surface area contributed by atoms with Gasteiger partial charge in [0.25, 0.3) is 0 Å². The summed E-state index contributed by atoms with van der Waals surface area (Å²) in [5.74, 6) is -0.0280. The number of aliphatic hydroxyl groups excluding tert-OH is 1. The third kappa shape index (κ3) is 4.77. The third-order valence-electron chi connectivity index (χ3n) is 5.33. The summed E-state index contributed by atoms with van der Waals surface area (Å²) in [5, 5.41) is 10.3. The van der Waals surface area contributed by atoms with Gasteiger partial charge in [0.15, 0.2) is 0 Å². The molecule has 3 unspecified atom stereocenters. The molecule has 1 saturated heterocycles. The summed E-state index contributed by atoms with van der Waals surface area (Å²) in [6.07, 6.45) is 0.281. The SMILES string of the molecule is CN1CCN(CC(O)CN(C)C(=O)C2CC2c2ccc(F)cc2)CC1. The second-order valence-electron chi connectivity index (χ2n) is 7.48. The average molecular weight is 349 g/mol. The van der Waals surface area contributed by atoms with Gasteiger partial charge in [0.05, 0.1) is 6.10 Å². The van der Waals surface area contributed by atoms with E-state index in [1.807, 2.05) is 0 Å². The summed E-state index contributed by atoms with van der Waals surface area (Å²) in [6, 6.07) is 6.41. The Balaban J connectivity index is 1.44. The number of piperazine rings is 1. The van der Waals surface area contributed by atoms with Crippen molar-refractivity contribution in [3.05, 3.63) is 35.6 Å². The van der Waals surface area contributed by atoms with Crippen molar-refractivity contribution in [3.8, 4) is 0 Å². The fraction of sp³-hybridized carbons (Fsp3) is 0.632. The second kappa shape index (κ2) is 7.81. The highest BCUT2D eigenvalue weighted by Gasteiger charge is 2.45. The maximum atomic E-state index is 13.0. The number of β-amino-alcohol motifs (C(OH)–C–C–N with tert-alkyl or cyclic N) is 1. The zero-order valence-electron chi connectivity index (χ0n) is 15.1. The van der Waals surface area contributed by atoms with E-state index in [1.54, 1.807) is 24.1 Å². The van der Waals surface area contributed by atoms with E-state index in [0.717, 1.165) is 38.2 Å². The summed E-state index contributed by atoms with van der Waals surface area (Å²) in [6.45, 7) is 4.92. The molecule has 1 heterocycles. The number of carbonyl (C=O) groups is 1. The lowest BCUT2D eigenvalue weighted by Crippen LogP contribution is -2.49. The zero-order valence-corrected chi connectivity index (χ0v) is 15.1. The molecule has 1 amide bonds. The first-order valence-electron chi connectivity index (χ1n) is 9.03. The molecule has 1 N–H and O–H groups in total. The molecule has 25 heavy (non-hydrogen) atoms. The third-order valence-corrected chi connectivity index (χ3v) is 5.33. The van der Waals surface area contributed by atoms with Gasteiger partial charge in [-0.2, -0.15) is 0 Å². The summed E-state index contributed by atoms with van der Waals surface area (Å²) < 4.78 is 13.0. The Morgan fingerprint density at radius 1 is 1.28 bits per heavy atom. The fourth-order valence-electron chi connectivity index (χ4n) is 3.62. The van der Waals surface area contributed by atoms with Crippen LogP contribution >= 0.6 is 0 Å². The largest absolute Gasteiger partial charge is 0.390 e. The van der Waals surface area contributed by atoms with Crippen molar-refractivity contribution >= 4 is 5.91 Å². The molecule has 0 aromatic heterocycles.